The minimum absolute atomic E-state index is 0.130. The van der Waals surface area contributed by atoms with Gasteiger partial charge in [-0.15, -0.1) is 0 Å². The van der Waals surface area contributed by atoms with Gasteiger partial charge in [0.1, 0.15) is 4.60 Å². The first-order chi connectivity index (χ1) is 10.1. The van der Waals surface area contributed by atoms with Gasteiger partial charge in [0.05, 0.1) is 30.3 Å². The number of hydrogen-bond acceptors (Lipinski definition) is 5. The molecule has 21 heavy (non-hydrogen) atoms. The summed E-state index contributed by atoms with van der Waals surface area (Å²) < 4.78 is 15.1. The topological polar surface area (TPSA) is 97.3 Å². The zero-order chi connectivity index (χ0) is 15.0. The number of primary amides is 1. The van der Waals surface area contributed by atoms with E-state index in [4.69, 9.17) is 5.73 Å². The van der Waals surface area contributed by atoms with Crippen LogP contribution in [-0.4, -0.2) is 46.3 Å². The monoisotopic (exact) mass is 356 g/mol. The lowest BCUT2D eigenvalue weighted by Gasteiger charge is -2.20. The summed E-state index contributed by atoms with van der Waals surface area (Å²) in [6.07, 6.45) is 3.06. The maximum Gasteiger partial charge on any atom is 0.252 e. The van der Waals surface area contributed by atoms with Crippen LogP contribution in [0.2, 0.25) is 0 Å². The Morgan fingerprint density at radius 2 is 2.43 bits per heavy atom. The molecule has 1 amide bonds. The maximum atomic E-state index is 13.0. The second kappa shape index (κ2) is 5.57. The number of aromatic nitrogens is 3. The summed E-state index contributed by atoms with van der Waals surface area (Å²) in [5, 5.41) is 10.4. The van der Waals surface area contributed by atoms with Crippen LogP contribution >= 0.6 is 15.9 Å². The number of nitrogens with one attached hydrogen (secondary N) is 2. The van der Waals surface area contributed by atoms with Crippen LogP contribution in [-0.2, 0) is 0 Å². The number of alkyl halides is 1. The van der Waals surface area contributed by atoms with Crippen molar-refractivity contribution in [3.63, 3.8) is 0 Å². The van der Waals surface area contributed by atoms with E-state index in [0.717, 1.165) is 0 Å². The highest BCUT2D eigenvalue weighted by Crippen LogP contribution is 2.25. The third-order valence-electron chi connectivity index (χ3n) is 3.60. The average molecular weight is 357 g/mol. The summed E-state index contributed by atoms with van der Waals surface area (Å²) in [6, 6.07) is -0.130. The third kappa shape index (κ3) is 2.58. The first-order valence-corrected chi connectivity index (χ1v) is 7.26. The molecule has 3 heterocycles. The fraction of sp³-hybridized carbons (Fsp3) is 0.417. The van der Waals surface area contributed by atoms with E-state index in [2.05, 4.69) is 36.6 Å². The number of fused-ring (bicyclic) bond motifs is 1. The number of carbonyl (C=O) groups is 1. The summed E-state index contributed by atoms with van der Waals surface area (Å²) in [7, 11) is 0. The van der Waals surface area contributed by atoms with Crippen molar-refractivity contribution in [3.8, 4) is 0 Å². The Morgan fingerprint density at radius 3 is 3.14 bits per heavy atom. The number of rotatable bonds is 4. The van der Waals surface area contributed by atoms with Crippen molar-refractivity contribution in [2.45, 2.75) is 6.04 Å². The number of amides is 1. The fourth-order valence-electron chi connectivity index (χ4n) is 2.49. The van der Waals surface area contributed by atoms with Crippen LogP contribution in [0.15, 0.2) is 17.0 Å². The first-order valence-electron chi connectivity index (χ1n) is 6.47. The Kier molecular flexibility index (Phi) is 3.77. The molecular weight excluding hydrogens is 343 g/mol. The normalized spacial score (nSPS) is 21.8. The molecule has 1 aliphatic rings. The Bertz CT molecular complexity index is 690. The Labute approximate surface area is 128 Å². The number of halogens is 2. The van der Waals surface area contributed by atoms with Gasteiger partial charge in [-0.25, -0.2) is 9.50 Å². The summed E-state index contributed by atoms with van der Waals surface area (Å²) in [6.45, 7) is 0.777. The minimum Gasteiger partial charge on any atom is -0.377 e. The zero-order valence-corrected chi connectivity index (χ0v) is 12.6. The number of nitrogens with two attached hydrogens (primary N) is 1. The van der Waals surface area contributed by atoms with Crippen molar-refractivity contribution in [1.82, 2.24) is 19.9 Å². The average Bonchev–Trinajstić information content (AvgIpc) is 3.03. The lowest BCUT2D eigenvalue weighted by molar-refractivity contribution is 0.100. The van der Waals surface area contributed by atoms with Gasteiger partial charge in [0.25, 0.3) is 5.91 Å². The Balaban J connectivity index is 2.05. The van der Waals surface area contributed by atoms with Gasteiger partial charge < -0.3 is 16.4 Å². The molecule has 0 spiro atoms. The van der Waals surface area contributed by atoms with Gasteiger partial charge in [-0.2, -0.15) is 5.10 Å². The predicted octanol–water partition coefficient (Wildman–Crippen LogP) is 0.560. The van der Waals surface area contributed by atoms with Crippen molar-refractivity contribution < 1.29 is 9.18 Å². The summed E-state index contributed by atoms with van der Waals surface area (Å²) >= 11 is 3.27. The molecule has 0 aliphatic carbocycles. The summed E-state index contributed by atoms with van der Waals surface area (Å²) in [4.78, 5) is 15.9. The number of carbonyl (C=O) groups excluding carboxylic acids is 1. The van der Waals surface area contributed by atoms with E-state index in [9.17, 15) is 9.18 Å². The molecule has 1 aliphatic heterocycles. The van der Waals surface area contributed by atoms with Crippen molar-refractivity contribution in [2.75, 3.05) is 25.1 Å². The third-order valence-corrected chi connectivity index (χ3v) is 3.98. The molecule has 4 N–H and O–H groups in total. The molecule has 7 nitrogen and oxygen atoms in total. The zero-order valence-electron chi connectivity index (χ0n) is 11.0. The van der Waals surface area contributed by atoms with Gasteiger partial charge in [-0.1, -0.05) is 0 Å². The number of nitrogens with zero attached hydrogens (tertiary/aromatic N) is 3. The van der Waals surface area contributed by atoms with Crippen LogP contribution in [0.3, 0.4) is 0 Å². The number of hydrogen-bond donors (Lipinski definition) is 3. The molecule has 0 saturated carbocycles. The van der Waals surface area contributed by atoms with E-state index < -0.39 is 12.6 Å². The largest absolute Gasteiger partial charge is 0.377 e. The van der Waals surface area contributed by atoms with E-state index in [1.165, 1.54) is 10.7 Å². The van der Waals surface area contributed by atoms with Gasteiger partial charge in [-0.3, -0.25) is 9.18 Å². The Morgan fingerprint density at radius 1 is 1.62 bits per heavy atom. The molecule has 2 aromatic heterocycles. The van der Waals surface area contributed by atoms with Gasteiger partial charge in [-0.05, 0) is 15.9 Å². The van der Waals surface area contributed by atoms with E-state index in [1.54, 1.807) is 6.20 Å². The SMILES string of the molecule is NC(=O)c1cnn2cc(Br)nc2c1N[C@@H]1CNC[C@H]1CF. The second-order valence-corrected chi connectivity index (χ2v) is 5.77. The van der Waals surface area contributed by atoms with Crippen LogP contribution in [0.1, 0.15) is 10.4 Å². The molecule has 0 radical (unpaired) electrons. The van der Waals surface area contributed by atoms with Crippen LogP contribution < -0.4 is 16.4 Å². The van der Waals surface area contributed by atoms with Crippen molar-refractivity contribution in [3.05, 3.63) is 22.6 Å². The van der Waals surface area contributed by atoms with Gasteiger partial charge in [0, 0.05) is 25.0 Å². The minimum atomic E-state index is -0.602. The summed E-state index contributed by atoms with van der Waals surface area (Å²) in [5.41, 5.74) is 6.59. The Hall–Kier alpha value is -1.74. The maximum absolute atomic E-state index is 13.0. The van der Waals surface area contributed by atoms with E-state index in [0.29, 0.717) is 29.0 Å². The van der Waals surface area contributed by atoms with Gasteiger partial charge in [0.2, 0.25) is 0 Å². The smallest absolute Gasteiger partial charge is 0.252 e. The highest BCUT2D eigenvalue weighted by Gasteiger charge is 2.29. The fourth-order valence-corrected chi connectivity index (χ4v) is 2.85. The predicted molar refractivity (Wildman–Crippen MR) is 79.0 cm³/mol. The number of imidazole rings is 1. The van der Waals surface area contributed by atoms with Gasteiger partial charge >= 0.3 is 0 Å². The van der Waals surface area contributed by atoms with Crippen molar-refractivity contribution >= 4 is 33.2 Å². The van der Waals surface area contributed by atoms with Crippen LogP contribution in [0.4, 0.5) is 10.1 Å². The molecule has 112 valence electrons. The number of anilines is 1. The lowest BCUT2D eigenvalue weighted by Crippen LogP contribution is -2.31. The van der Waals surface area contributed by atoms with Crippen LogP contribution in [0.5, 0.6) is 0 Å². The highest BCUT2D eigenvalue weighted by molar-refractivity contribution is 9.10. The molecule has 1 fully saturated rings. The molecular formula is C12H14BrFN6O. The summed E-state index contributed by atoms with van der Waals surface area (Å²) in [5.74, 6) is -0.758. The molecule has 0 unspecified atom stereocenters. The molecule has 2 atom stereocenters. The van der Waals surface area contributed by atoms with Crippen LogP contribution in [0.25, 0.3) is 5.65 Å². The molecule has 9 heteroatoms. The quantitative estimate of drug-likeness (QED) is 0.743. The van der Waals surface area contributed by atoms with Crippen molar-refractivity contribution in [1.29, 1.82) is 0 Å². The highest BCUT2D eigenvalue weighted by atomic mass is 79.9. The van der Waals surface area contributed by atoms with Gasteiger partial charge in [0.15, 0.2) is 5.65 Å². The molecule has 2 aromatic rings. The van der Waals surface area contributed by atoms with Crippen LogP contribution in [0, 0.1) is 5.92 Å². The van der Waals surface area contributed by atoms with E-state index in [1.807, 2.05) is 0 Å². The first kappa shape index (κ1) is 14.2. The molecule has 0 aromatic carbocycles. The van der Waals surface area contributed by atoms with E-state index >= 15 is 0 Å². The van der Waals surface area contributed by atoms with Crippen molar-refractivity contribution in [2.24, 2.45) is 11.7 Å². The second-order valence-electron chi connectivity index (χ2n) is 4.95. The molecule has 1 saturated heterocycles. The standard InChI is InChI=1S/C12H14BrFN6O/c13-9-5-20-12(19-9)10(7(3-17-20)11(15)21)18-8-4-16-2-6(8)1-14/h3,5-6,8,16,18H,1-2,4H2,(H2,15,21)/t6-,8-/m1/s1. The van der Waals surface area contributed by atoms with E-state index in [-0.39, 0.29) is 17.5 Å². The molecule has 3 rings (SSSR count). The molecule has 0 bridgehead atoms. The lowest BCUT2D eigenvalue weighted by atomic mass is 10.0.